The Bertz CT molecular complexity index is 1330. The summed E-state index contributed by atoms with van der Waals surface area (Å²) < 4.78 is 72.2. The molecule has 0 saturated heterocycles. The summed E-state index contributed by atoms with van der Waals surface area (Å²) >= 11 is 0. The van der Waals surface area contributed by atoms with Crippen LogP contribution >= 0.6 is 0 Å². The third kappa shape index (κ3) is 4.00. The van der Waals surface area contributed by atoms with Crippen molar-refractivity contribution in [1.82, 2.24) is 0 Å². The number of fused-ring (bicyclic) bond motifs is 3. The zero-order chi connectivity index (χ0) is 22.5. The van der Waals surface area contributed by atoms with Crippen molar-refractivity contribution in [2.45, 2.75) is 18.6 Å². The van der Waals surface area contributed by atoms with Crippen LogP contribution in [0.5, 0.6) is 5.75 Å². The molecule has 0 fully saturated rings. The first-order chi connectivity index (χ1) is 14.5. The fraction of sp³-hybridized carbons (Fsp3) is 0.200. The van der Waals surface area contributed by atoms with Crippen LogP contribution in [-0.4, -0.2) is 25.6 Å². The van der Waals surface area contributed by atoms with Gasteiger partial charge in [0.2, 0.25) is 10.0 Å². The van der Waals surface area contributed by atoms with Crippen molar-refractivity contribution >= 4 is 26.5 Å². The number of rotatable bonds is 4. The Morgan fingerprint density at radius 1 is 1.06 bits per heavy atom. The van der Waals surface area contributed by atoms with E-state index < -0.39 is 50.1 Å². The number of halogens is 3. The normalized spacial score (nSPS) is 18.3. The maximum Gasteiger partial charge on any atom is 0.257 e. The van der Waals surface area contributed by atoms with Gasteiger partial charge in [-0.05, 0) is 35.0 Å². The van der Waals surface area contributed by atoms with Crippen LogP contribution in [0.2, 0.25) is 0 Å². The van der Waals surface area contributed by atoms with Crippen LogP contribution < -0.4 is 9.46 Å². The average Bonchev–Trinajstić information content (AvgIpc) is 2.68. The van der Waals surface area contributed by atoms with Gasteiger partial charge in [0.05, 0.1) is 6.26 Å². The molecule has 1 aliphatic heterocycles. The number of benzene rings is 3. The highest BCUT2D eigenvalue weighted by Gasteiger charge is 2.42. The Balaban J connectivity index is 1.80. The van der Waals surface area contributed by atoms with Crippen LogP contribution in [0.1, 0.15) is 17.2 Å². The molecule has 0 saturated carbocycles. The number of nitrogens with zero attached hydrogens (tertiary/aromatic N) is 1. The minimum absolute atomic E-state index is 0.151. The van der Waals surface area contributed by atoms with E-state index in [9.17, 15) is 31.7 Å². The summed E-state index contributed by atoms with van der Waals surface area (Å²) in [4.78, 5) is 11.1. The molecule has 0 aliphatic carbocycles. The molecule has 7 nitrogen and oxygen atoms in total. The minimum Gasteiger partial charge on any atom is -0.478 e. The molecule has 1 aliphatic rings. The average molecular weight is 452 g/mol. The van der Waals surface area contributed by atoms with E-state index in [-0.39, 0.29) is 12.2 Å². The van der Waals surface area contributed by atoms with Crippen molar-refractivity contribution in [2.24, 2.45) is 0 Å². The Labute approximate surface area is 174 Å². The van der Waals surface area contributed by atoms with Crippen LogP contribution in [0, 0.1) is 27.6 Å². The van der Waals surface area contributed by atoms with Gasteiger partial charge in [-0.2, -0.15) is 0 Å². The van der Waals surface area contributed by atoms with E-state index in [1.807, 2.05) is 0 Å². The second-order valence-electron chi connectivity index (χ2n) is 7.24. The van der Waals surface area contributed by atoms with Crippen molar-refractivity contribution in [3.05, 3.63) is 81.2 Å². The van der Waals surface area contributed by atoms with E-state index in [2.05, 4.69) is 4.72 Å². The smallest absolute Gasteiger partial charge is 0.257 e. The predicted molar refractivity (Wildman–Crippen MR) is 107 cm³/mol. The first-order valence-electron chi connectivity index (χ1n) is 9.01. The van der Waals surface area contributed by atoms with E-state index in [0.29, 0.717) is 34.2 Å². The number of anilines is 1. The SMILES string of the molecule is CS(=O)(=O)Nc1ccc2c3c(ccc2c1)O[C@H](c1cc(F)c(F)cc1F)[C@@H]([N+](=O)[O-])C3. The Hall–Kier alpha value is -3.34. The molecule has 4 rings (SSSR count). The Morgan fingerprint density at radius 2 is 1.77 bits per heavy atom. The van der Waals surface area contributed by atoms with Crippen LogP contribution in [0.25, 0.3) is 10.8 Å². The summed E-state index contributed by atoms with van der Waals surface area (Å²) in [5, 5.41) is 12.9. The molecular formula is C20H15F3N2O5S. The molecule has 31 heavy (non-hydrogen) atoms. The number of hydrogen-bond acceptors (Lipinski definition) is 5. The zero-order valence-corrected chi connectivity index (χ0v) is 16.8. The number of ether oxygens (including phenoxy) is 1. The highest BCUT2D eigenvalue weighted by molar-refractivity contribution is 7.92. The molecule has 1 heterocycles. The van der Waals surface area contributed by atoms with Gasteiger partial charge in [-0.3, -0.25) is 14.8 Å². The topological polar surface area (TPSA) is 98.5 Å². The second kappa shape index (κ2) is 7.41. The van der Waals surface area contributed by atoms with Gasteiger partial charge < -0.3 is 4.74 Å². The van der Waals surface area contributed by atoms with Gasteiger partial charge in [-0.1, -0.05) is 12.1 Å². The van der Waals surface area contributed by atoms with Crippen molar-refractivity contribution in [3.63, 3.8) is 0 Å². The molecule has 2 atom stereocenters. The number of nitrogens with one attached hydrogen (secondary N) is 1. The number of hydrogen-bond donors (Lipinski definition) is 1. The van der Waals surface area contributed by atoms with Crippen LogP contribution in [0.4, 0.5) is 18.9 Å². The lowest BCUT2D eigenvalue weighted by Gasteiger charge is -2.30. The fourth-order valence-corrected chi connectivity index (χ4v) is 4.27. The summed E-state index contributed by atoms with van der Waals surface area (Å²) in [6, 6.07) is 7.26. The molecule has 3 aromatic rings. The van der Waals surface area contributed by atoms with Gasteiger partial charge in [-0.25, -0.2) is 21.6 Å². The molecular weight excluding hydrogens is 437 g/mol. The lowest BCUT2D eigenvalue weighted by atomic mass is 9.89. The van der Waals surface area contributed by atoms with Crippen molar-refractivity contribution in [3.8, 4) is 5.75 Å². The van der Waals surface area contributed by atoms with E-state index in [0.717, 1.165) is 6.26 Å². The van der Waals surface area contributed by atoms with Gasteiger partial charge in [0, 0.05) is 34.2 Å². The first kappa shape index (κ1) is 20.9. The molecule has 0 radical (unpaired) electrons. The minimum atomic E-state index is -3.49. The van der Waals surface area contributed by atoms with E-state index in [4.69, 9.17) is 4.74 Å². The van der Waals surface area contributed by atoms with Gasteiger partial charge in [0.1, 0.15) is 11.6 Å². The largest absolute Gasteiger partial charge is 0.478 e. The maximum atomic E-state index is 14.3. The number of sulfonamides is 1. The lowest BCUT2D eigenvalue weighted by molar-refractivity contribution is -0.535. The van der Waals surface area contributed by atoms with Crippen LogP contribution in [-0.2, 0) is 16.4 Å². The summed E-state index contributed by atoms with van der Waals surface area (Å²) in [6.45, 7) is 0. The molecule has 11 heteroatoms. The van der Waals surface area contributed by atoms with Crippen molar-refractivity contribution in [2.75, 3.05) is 11.0 Å². The Kier molecular flexibility index (Phi) is 5.00. The summed E-state index contributed by atoms with van der Waals surface area (Å²) in [6.07, 6.45) is -0.597. The second-order valence-corrected chi connectivity index (χ2v) is 8.98. The monoisotopic (exact) mass is 452 g/mol. The van der Waals surface area contributed by atoms with Gasteiger partial charge in [-0.15, -0.1) is 0 Å². The van der Waals surface area contributed by atoms with E-state index >= 15 is 0 Å². The predicted octanol–water partition coefficient (Wildman–Crippen LogP) is 3.95. The highest BCUT2D eigenvalue weighted by Crippen LogP contribution is 2.41. The van der Waals surface area contributed by atoms with Gasteiger partial charge >= 0.3 is 0 Å². The molecule has 1 N–H and O–H groups in total. The summed E-state index contributed by atoms with van der Waals surface area (Å²) in [5.41, 5.74) is 0.350. The summed E-state index contributed by atoms with van der Waals surface area (Å²) in [5.74, 6) is -3.64. The molecule has 162 valence electrons. The quantitative estimate of drug-likeness (QED) is 0.367. The fourth-order valence-electron chi connectivity index (χ4n) is 3.72. The molecule has 3 aromatic carbocycles. The third-order valence-electron chi connectivity index (χ3n) is 5.03. The molecule has 0 unspecified atom stereocenters. The maximum absolute atomic E-state index is 14.3. The molecule has 0 amide bonds. The first-order valence-corrected chi connectivity index (χ1v) is 10.9. The van der Waals surface area contributed by atoms with Crippen LogP contribution in [0.15, 0.2) is 42.5 Å². The van der Waals surface area contributed by atoms with Gasteiger partial charge in [0.15, 0.2) is 17.7 Å². The lowest BCUT2D eigenvalue weighted by Crippen LogP contribution is -2.37. The Morgan fingerprint density at radius 3 is 2.45 bits per heavy atom. The molecule has 0 bridgehead atoms. The van der Waals surface area contributed by atoms with Crippen molar-refractivity contribution < 1.29 is 31.2 Å². The highest BCUT2D eigenvalue weighted by atomic mass is 32.2. The van der Waals surface area contributed by atoms with E-state index in [1.54, 1.807) is 18.2 Å². The van der Waals surface area contributed by atoms with Crippen LogP contribution in [0.3, 0.4) is 0 Å². The molecule has 0 aromatic heterocycles. The number of nitro groups is 1. The standard InChI is InChI=1S/C20H15F3N2O5S/c1-31(28,29)24-11-3-4-12-10(6-11)2-5-19-13(12)8-18(25(26)27)20(30-19)14-7-16(22)17(23)9-15(14)21/h2-7,9,18,20,24H,8H2,1H3/t18-,20+/m0/s1. The van der Waals surface area contributed by atoms with E-state index in [1.165, 1.54) is 12.1 Å². The van der Waals surface area contributed by atoms with Crippen molar-refractivity contribution in [1.29, 1.82) is 0 Å². The zero-order valence-electron chi connectivity index (χ0n) is 15.9. The van der Waals surface area contributed by atoms with Gasteiger partial charge in [0.25, 0.3) is 6.04 Å². The summed E-state index contributed by atoms with van der Waals surface area (Å²) in [7, 11) is -3.49. The molecule has 0 spiro atoms. The third-order valence-corrected chi connectivity index (χ3v) is 5.63.